The third-order valence-corrected chi connectivity index (χ3v) is 2.67. The third-order valence-electron chi connectivity index (χ3n) is 2.67. The number of rotatable bonds is 2. The summed E-state index contributed by atoms with van der Waals surface area (Å²) in [4.78, 5) is 0. The van der Waals surface area contributed by atoms with Crippen LogP contribution in [0.4, 0.5) is 0 Å². The number of hydrogen-bond acceptors (Lipinski definition) is 0. The molecule has 0 atom stereocenters. The fraction of sp³-hybridized carbons (Fsp3) is 0.0667. The van der Waals surface area contributed by atoms with Crippen molar-refractivity contribution in [2.45, 2.75) is 6.92 Å². The Morgan fingerprint density at radius 3 is 2.47 bits per heavy atom. The van der Waals surface area contributed by atoms with Crippen molar-refractivity contribution in [3.05, 3.63) is 60.2 Å². The van der Waals surface area contributed by atoms with Gasteiger partial charge in [0, 0.05) is 0 Å². The molecule has 0 saturated heterocycles. The second-order valence-electron chi connectivity index (χ2n) is 3.70. The van der Waals surface area contributed by atoms with Crippen molar-refractivity contribution < 1.29 is 0 Å². The second kappa shape index (κ2) is 3.74. The smallest absolute Gasteiger partial charge is 0.0105 e. The molecule has 0 N–H and O–H groups in total. The molecular formula is C15H14. The molecule has 0 aliphatic rings. The van der Waals surface area contributed by atoms with Gasteiger partial charge in [0.15, 0.2) is 0 Å². The molecule has 0 aromatic heterocycles. The van der Waals surface area contributed by atoms with Crippen LogP contribution in [0.25, 0.3) is 22.9 Å². The topological polar surface area (TPSA) is 0 Å². The van der Waals surface area contributed by atoms with Gasteiger partial charge < -0.3 is 0 Å². The highest BCUT2D eigenvalue weighted by Crippen LogP contribution is 2.25. The lowest BCUT2D eigenvalue weighted by Crippen LogP contribution is -1.84. The van der Waals surface area contributed by atoms with E-state index in [1.807, 2.05) is 12.2 Å². The summed E-state index contributed by atoms with van der Waals surface area (Å²) in [6, 6.07) is 10.7. The maximum Gasteiger partial charge on any atom is -0.0105 e. The first kappa shape index (κ1) is 9.72. The van der Waals surface area contributed by atoms with Crippen molar-refractivity contribution in [2.75, 3.05) is 0 Å². The molecular weight excluding hydrogens is 180 g/mol. The molecule has 2 aromatic rings. The minimum Gasteiger partial charge on any atom is -0.0984 e. The molecule has 0 amide bonds. The molecule has 2 aromatic carbocycles. The quantitative estimate of drug-likeness (QED) is 0.663. The van der Waals surface area contributed by atoms with Crippen molar-refractivity contribution in [1.82, 2.24) is 0 Å². The van der Waals surface area contributed by atoms with Crippen molar-refractivity contribution >= 4 is 22.9 Å². The Bertz CT molecular complexity index is 533. The van der Waals surface area contributed by atoms with Crippen LogP contribution in [0.15, 0.2) is 43.5 Å². The van der Waals surface area contributed by atoms with E-state index >= 15 is 0 Å². The lowest BCUT2D eigenvalue weighted by Gasteiger charge is -2.07. The van der Waals surface area contributed by atoms with Gasteiger partial charge in [-0.2, -0.15) is 0 Å². The summed E-state index contributed by atoms with van der Waals surface area (Å²) in [5, 5.41) is 2.50. The lowest BCUT2D eigenvalue weighted by molar-refractivity contribution is 1.50. The Labute approximate surface area is 90.6 Å². The van der Waals surface area contributed by atoms with Crippen LogP contribution < -0.4 is 0 Å². The van der Waals surface area contributed by atoms with E-state index in [0.29, 0.717) is 0 Å². The molecule has 0 nitrogen and oxygen atoms in total. The summed E-state index contributed by atoms with van der Waals surface area (Å²) in [5.74, 6) is 0. The van der Waals surface area contributed by atoms with Gasteiger partial charge in [0.2, 0.25) is 0 Å². The molecule has 0 fully saturated rings. The average molecular weight is 194 g/mol. The van der Waals surface area contributed by atoms with Crippen LogP contribution in [-0.4, -0.2) is 0 Å². The highest BCUT2D eigenvalue weighted by atomic mass is 14.1. The number of benzene rings is 2. The van der Waals surface area contributed by atoms with E-state index in [4.69, 9.17) is 0 Å². The molecule has 0 unspecified atom stereocenters. The maximum atomic E-state index is 3.86. The van der Waals surface area contributed by atoms with Crippen molar-refractivity contribution in [3.8, 4) is 0 Å². The summed E-state index contributed by atoms with van der Waals surface area (Å²) in [5.41, 5.74) is 3.59. The summed E-state index contributed by atoms with van der Waals surface area (Å²) in [7, 11) is 0. The van der Waals surface area contributed by atoms with Gasteiger partial charge in [-0.3, -0.25) is 0 Å². The average Bonchev–Trinajstić information content (AvgIpc) is 2.27. The van der Waals surface area contributed by atoms with Crippen LogP contribution in [0.5, 0.6) is 0 Å². The molecule has 0 aliphatic heterocycles. The molecule has 0 saturated carbocycles. The number of hydrogen-bond donors (Lipinski definition) is 0. The van der Waals surface area contributed by atoms with Gasteiger partial charge in [-0.25, -0.2) is 0 Å². The van der Waals surface area contributed by atoms with Crippen LogP contribution in [0.1, 0.15) is 16.7 Å². The fourth-order valence-corrected chi connectivity index (χ4v) is 1.90. The first-order chi connectivity index (χ1) is 7.26. The summed E-state index contributed by atoms with van der Waals surface area (Å²) < 4.78 is 0. The number of aryl methyl sites for hydroxylation is 1. The predicted molar refractivity (Wildman–Crippen MR) is 68.9 cm³/mol. The maximum absolute atomic E-state index is 3.86. The van der Waals surface area contributed by atoms with E-state index in [-0.39, 0.29) is 0 Å². The Kier molecular flexibility index (Phi) is 2.42. The largest absolute Gasteiger partial charge is 0.0984 e. The summed E-state index contributed by atoms with van der Waals surface area (Å²) >= 11 is 0. The first-order valence-electron chi connectivity index (χ1n) is 5.04. The van der Waals surface area contributed by atoms with Crippen molar-refractivity contribution in [1.29, 1.82) is 0 Å². The second-order valence-corrected chi connectivity index (χ2v) is 3.70. The molecule has 2 rings (SSSR count). The van der Waals surface area contributed by atoms with Gasteiger partial charge in [0.25, 0.3) is 0 Å². The van der Waals surface area contributed by atoms with Gasteiger partial charge in [0.1, 0.15) is 0 Å². The third kappa shape index (κ3) is 1.59. The molecule has 0 heteroatoms. The highest BCUT2D eigenvalue weighted by molar-refractivity contribution is 5.94. The van der Waals surface area contributed by atoms with Crippen LogP contribution in [0, 0.1) is 6.92 Å². The highest BCUT2D eigenvalue weighted by Gasteiger charge is 2.02. The van der Waals surface area contributed by atoms with Crippen LogP contribution in [0.2, 0.25) is 0 Å². The van der Waals surface area contributed by atoms with Crippen molar-refractivity contribution in [2.24, 2.45) is 0 Å². The molecule has 0 aliphatic carbocycles. The minimum atomic E-state index is 1.14. The Balaban J connectivity index is 2.87. The zero-order valence-corrected chi connectivity index (χ0v) is 8.96. The van der Waals surface area contributed by atoms with E-state index in [1.54, 1.807) is 0 Å². The zero-order valence-electron chi connectivity index (χ0n) is 8.96. The van der Waals surface area contributed by atoms with Crippen LogP contribution >= 0.6 is 0 Å². The minimum absolute atomic E-state index is 1.14. The SMILES string of the molecule is C=Cc1ccc2cc(C)ccc2c1C=C. The van der Waals surface area contributed by atoms with E-state index in [1.165, 1.54) is 21.9 Å². The Morgan fingerprint density at radius 2 is 1.80 bits per heavy atom. The molecule has 0 bridgehead atoms. The summed E-state index contributed by atoms with van der Waals surface area (Å²) in [6.07, 6.45) is 3.77. The van der Waals surface area contributed by atoms with E-state index in [0.717, 1.165) is 5.56 Å². The Morgan fingerprint density at radius 1 is 1.00 bits per heavy atom. The monoisotopic (exact) mass is 194 g/mol. The van der Waals surface area contributed by atoms with E-state index in [9.17, 15) is 0 Å². The fourth-order valence-electron chi connectivity index (χ4n) is 1.90. The van der Waals surface area contributed by atoms with Gasteiger partial charge in [-0.1, -0.05) is 61.2 Å². The summed E-state index contributed by atoms with van der Waals surface area (Å²) in [6.45, 7) is 9.79. The molecule has 74 valence electrons. The zero-order chi connectivity index (χ0) is 10.8. The standard InChI is InChI=1S/C15H14/c1-4-12-7-8-13-10-11(3)6-9-15(13)14(12)5-2/h4-10H,1-2H2,3H3. The van der Waals surface area contributed by atoms with E-state index in [2.05, 4.69) is 50.4 Å². The van der Waals surface area contributed by atoms with Crippen molar-refractivity contribution in [3.63, 3.8) is 0 Å². The molecule has 0 heterocycles. The predicted octanol–water partition coefficient (Wildman–Crippen LogP) is 4.43. The van der Waals surface area contributed by atoms with Gasteiger partial charge >= 0.3 is 0 Å². The van der Waals surface area contributed by atoms with E-state index < -0.39 is 0 Å². The Hall–Kier alpha value is -1.82. The van der Waals surface area contributed by atoms with Gasteiger partial charge in [0.05, 0.1) is 0 Å². The van der Waals surface area contributed by atoms with Gasteiger partial charge in [-0.15, -0.1) is 0 Å². The van der Waals surface area contributed by atoms with Crippen LogP contribution in [0.3, 0.4) is 0 Å². The normalized spacial score (nSPS) is 10.2. The first-order valence-corrected chi connectivity index (χ1v) is 5.04. The van der Waals surface area contributed by atoms with Crippen LogP contribution in [-0.2, 0) is 0 Å². The lowest BCUT2D eigenvalue weighted by atomic mass is 9.98. The molecule has 15 heavy (non-hydrogen) atoms. The molecule has 0 spiro atoms. The van der Waals surface area contributed by atoms with Gasteiger partial charge in [-0.05, 0) is 28.8 Å². The molecule has 0 radical (unpaired) electrons. The number of fused-ring (bicyclic) bond motifs is 1.